The number of aliphatic hydroxyl groups excluding tert-OH is 1. The Morgan fingerprint density at radius 2 is 1.74 bits per heavy atom. The van der Waals surface area contributed by atoms with Gasteiger partial charge in [-0.1, -0.05) is 50.6 Å². The number of aliphatic hydroxyl groups is 1. The van der Waals surface area contributed by atoms with Crippen LogP contribution in [0.1, 0.15) is 91.3 Å². The molecule has 1 aromatic carbocycles. The fourth-order valence-corrected chi connectivity index (χ4v) is 7.40. The molecule has 0 bridgehead atoms. The average Bonchev–Trinajstić information content (AvgIpc) is 3.28. The predicted molar refractivity (Wildman–Crippen MR) is 179 cm³/mol. The van der Waals surface area contributed by atoms with Gasteiger partial charge in [0, 0.05) is 50.7 Å². The molecule has 2 unspecified atom stereocenters. The summed E-state index contributed by atoms with van der Waals surface area (Å²) in [5.74, 6) is 2.43. The summed E-state index contributed by atoms with van der Waals surface area (Å²) in [5, 5.41) is 14.0. The topological polar surface area (TPSA) is 97.7 Å². The van der Waals surface area contributed by atoms with Crippen molar-refractivity contribution in [3.8, 4) is 0 Å². The second-order valence-corrected chi connectivity index (χ2v) is 13.8. The van der Waals surface area contributed by atoms with E-state index in [0.29, 0.717) is 33.1 Å². The van der Waals surface area contributed by atoms with E-state index >= 15 is 0 Å². The van der Waals surface area contributed by atoms with Gasteiger partial charge in [-0.25, -0.2) is 15.0 Å². The average molecular weight is 628 g/mol. The van der Waals surface area contributed by atoms with Crippen LogP contribution >= 0.6 is 22.9 Å². The lowest BCUT2D eigenvalue weighted by atomic mass is 9.92. The first-order chi connectivity index (χ1) is 20.2. The Bertz CT molecular complexity index is 1460. The van der Waals surface area contributed by atoms with Crippen LogP contribution in [0.15, 0.2) is 12.1 Å². The SMILES string of the molecule is Cc1cc(Cl)c(N(C)C(=O)c2sc(Nc3cc(N4C(C)CN(CCO)CC4C)nc(C(C)C)n3)nc2C)c(C(C)C)c1C. The maximum Gasteiger partial charge on any atom is 0.270 e. The van der Waals surface area contributed by atoms with E-state index in [9.17, 15) is 9.90 Å². The van der Waals surface area contributed by atoms with Crippen molar-refractivity contribution in [3.05, 3.63) is 50.2 Å². The molecule has 1 aliphatic heterocycles. The Kier molecular flexibility index (Phi) is 10.4. The van der Waals surface area contributed by atoms with Crippen molar-refractivity contribution >= 4 is 51.3 Å². The Balaban J connectivity index is 1.64. The minimum absolute atomic E-state index is 0.128. The van der Waals surface area contributed by atoms with Crippen molar-refractivity contribution in [2.75, 3.05) is 48.4 Å². The molecule has 1 aliphatic rings. The molecule has 234 valence electrons. The highest BCUT2D eigenvalue weighted by molar-refractivity contribution is 7.17. The van der Waals surface area contributed by atoms with Gasteiger partial charge in [-0.15, -0.1) is 0 Å². The third kappa shape index (κ3) is 6.98. The first kappa shape index (κ1) is 33.1. The number of benzene rings is 1. The number of β-amino-alcohol motifs (C(OH)–C–C–N with tert-alkyl or cyclic N) is 1. The third-order valence-corrected chi connectivity index (χ3v) is 9.53. The summed E-state index contributed by atoms with van der Waals surface area (Å²) < 4.78 is 0. The summed E-state index contributed by atoms with van der Waals surface area (Å²) in [4.78, 5) is 35.2. The van der Waals surface area contributed by atoms with E-state index in [1.807, 2.05) is 26.0 Å². The number of rotatable bonds is 9. The van der Waals surface area contributed by atoms with Crippen LogP contribution in [0.25, 0.3) is 0 Å². The number of amides is 1. The smallest absolute Gasteiger partial charge is 0.270 e. The second kappa shape index (κ2) is 13.5. The lowest BCUT2D eigenvalue weighted by Gasteiger charge is -2.45. The summed E-state index contributed by atoms with van der Waals surface area (Å²) in [6, 6.07) is 4.33. The van der Waals surface area contributed by atoms with Crippen molar-refractivity contribution < 1.29 is 9.90 Å². The van der Waals surface area contributed by atoms with Crippen LogP contribution in [0.2, 0.25) is 5.02 Å². The van der Waals surface area contributed by atoms with Crippen LogP contribution < -0.4 is 15.1 Å². The molecule has 0 radical (unpaired) electrons. The molecule has 3 heterocycles. The molecule has 43 heavy (non-hydrogen) atoms. The van der Waals surface area contributed by atoms with Gasteiger partial charge in [-0.05, 0) is 63.3 Å². The molecule has 2 N–H and O–H groups in total. The van der Waals surface area contributed by atoms with E-state index in [2.05, 4.69) is 63.6 Å². The van der Waals surface area contributed by atoms with Crippen molar-refractivity contribution in [2.45, 2.75) is 86.2 Å². The summed E-state index contributed by atoms with van der Waals surface area (Å²) >= 11 is 8.06. The lowest BCUT2D eigenvalue weighted by molar-refractivity contribution is 0.0996. The van der Waals surface area contributed by atoms with Crippen molar-refractivity contribution in [1.82, 2.24) is 19.9 Å². The number of piperazine rings is 1. The van der Waals surface area contributed by atoms with Crippen molar-refractivity contribution in [3.63, 3.8) is 0 Å². The number of carbonyl (C=O) groups excluding carboxylic acids is 1. The van der Waals surface area contributed by atoms with Crippen LogP contribution in [0.3, 0.4) is 0 Å². The Morgan fingerprint density at radius 1 is 1.09 bits per heavy atom. The van der Waals surface area contributed by atoms with Gasteiger partial charge >= 0.3 is 0 Å². The molecule has 3 aromatic rings. The minimum atomic E-state index is -0.148. The van der Waals surface area contributed by atoms with Gasteiger partial charge in [0.2, 0.25) is 0 Å². The van der Waals surface area contributed by atoms with Crippen LogP contribution in [0, 0.1) is 20.8 Å². The third-order valence-electron chi connectivity index (χ3n) is 8.18. The minimum Gasteiger partial charge on any atom is -0.395 e. The van der Waals surface area contributed by atoms with Crippen LogP contribution in [-0.2, 0) is 0 Å². The summed E-state index contributed by atoms with van der Waals surface area (Å²) in [6.07, 6.45) is 0. The molecular formula is C32H46ClN7O2S. The second-order valence-electron chi connectivity index (χ2n) is 12.4. The zero-order valence-corrected chi connectivity index (χ0v) is 28.7. The monoisotopic (exact) mass is 627 g/mol. The summed E-state index contributed by atoms with van der Waals surface area (Å²) in [5.41, 5.74) is 4.74. The quantitative estimate of drug-likeness (QED) is 0.271. The molecule has 11 heteroatoms. The number of nitrogens with one attached hydrogen (secondary N) is 1. The normalized spacial score (nSPS) is 17.7. The first-order valence-electron chi connectivity index (χ1n) is 15.1. The largest absolute Gasteiger partial charge is 0.395 e. The molecule has 9 nitrogen and oxygen atoms in total. The zero-order valence-electron chi connectivity index (χ0n) is 27.1. The fraction of sp³-hybridized carbons (Fsp3) is 0.562. The van der Waals surface area contributed by atoms with E-state index < -0.39 is 0 Å². The molecule has 0 saturated carbocycles. The maximum atomic E-state index is 13.9. The van der Waals surface area contributed by atoms with Crippen LogP contribution in [0.4, 0.5) is 22.5 Å². The van der Waals surface area contributed by atoms with Gasteiger partial charge in [0.25, 0.3) is 5.91 Å². The molecule has 1 saturated heterocycles. The number of aromatic nitrogens is 3. The van der Waals surface area contributed by atoms with E-state index in [4.69, 9.17) is 26.6 Å². The molecule has 1 amide bonds. The number of anilines is 4. The van der Waals surface area contributed by atoms with E-state index in [1.165, 1.54) is 11.3 Å². The van der Waals surface area contributed by atoms with Gasteiger partial charge in [0.05, 0.1) is 23.0 Å². The van der Waals surface area contributed by atoms with E-state index in [1.54, 1.807) is 11.9 Å². The molecule has 2 aromatic heterocycles. The Morgan fingerprint density at radius 3 is 2.33 bits per heavy atom. The number of thiazole rings is 1. The standard InChI is InChI=1S/C32H46ClN7O2S/c1-17(2)27-22(8)19(5)13-24(33)28(27)38(10)31(42)29-23(9)34-32(43-29)36-25-14-26(37-30(35-25)18(3)4)40-20(6)15-39(11-12-41)16-21(40)7/h13-14,17-18,20-21,41H,11-12,15-16H2,1-10H3,(H,34,35,36,37). The number of carbonyl (C=O) groups is 1. The van der Waals surface area contributed by atoms with Gasteiger partial charge < -0.3 is 20.2 Å². The number of hydrogen-bond acceptors (Lipinski definition) is 9. The van der Waals surface area contributed by atoms with Gasteiger partial charge in [0.15, 0.2) is 5.13 Å². The number of aryl methyl sites for hydroxylation is 2. The molecular weight excluding hydrogens is 582 g/mol. The maximum absolute atomic E-state index is 13.9. The summed E-state index contributed by atoms with van der Waals surface area (Å²) in [7, 11) is 1.78. The van der Waals surface area contributed by atoms with Gasteiger partial charge in [-0.3, -0.25) is 9.69 Å². The Hall–Kier alpha value is -2.79. The first-order valence-corrected chi connectivity index (χ1v) is 16.2. The molecule has 0 spiro atoms. The fourth-order valence-electron chi connectivity index (χ4n) is 6.06. The predicted octanol–water partition coefficient (Wildman–Crippen LogP) is 6.67. The summed E-state index contributed by atoms with van der Waals surface area (Å²) in [6.45, 7) is 21.3. The zero-order chi connectivity index (χ0) is 31.7. The van der Waals surface area contributed by atoms with Crippen molar-refractivity contribution in [1.29, 1.82) is 0 Å². The molecule has 4 rings (SSSR count). The van der Waals surface area contributed by atoms with Crippen LogP contribution in [-0.4, -0.2) is 76.2 Å². The van der Waals surface area contributed by atoms with Crippen molar-refractivity contribution in [2.24, 2.45) is 0 Å². The number of halogens is 1. The molecule has 0 aliphatic carbocycles. The Labute approximate surface area is 265 Å². The highest BCUT2D eigenvalue weighted by atomic mass is 35.5. The highest BCUT2D eigenvalue weighted by Gasteiger charge is 2.31. The highest BCUT2D eigenvalue weighted by Crippen LogP contribution is 2.40. The number of hydrogen-bond donors (Lipinski definition) is 2. The van der Waals surface area contributed by atoms with Gasteiger partial charge in [0.1, 0.15) is 22.3 Å². The van der Waals surface area contributed by atoms with Crippen LogP contribution in [0.5, 0.6) is 0 Å². The number of nitrogens with zero attached hydrogens (tertiary/aromatic N) is 6. The molecule has 2 atom stereocenters. The van der Waals surface area contributed by atoms with E-state index in [0.717, 1.165) is 47.1 Å². The molecule has 1 fully saturated rings. The lowest BCUT2D eigenvalue weighted by Crippen LogP contribution is -2.57. The van der Waals surface area contributed by atoms with Gasteiger partial charge in [-0.2, -0.15) is 0 Å². The van der Waals surface area contributed by atoms with E-state index in [-0.39, 0.29) is 36.4 Å².